The molecular formula is C20H20F2N6O. The summed E-state index contributed by atoms with van der Waals surface area (Å²) < 4.78 is 27.6. The highest BCUT2D eigenvalue weighted by molar-refractivity contribution is 5.86. The summed E-state index contributed by atoms with van der Waals surface area (Å²) in [6.45, 7) is 9.15. The number of hydrogen-bond donors (Lipinski definition) is 1. The molecule has 2 aromatic rings. The number of aliphatic imine (C=N–C) groups is 1. The van der Waals surface area contributed by atoms with Gasteiger partial charge in [-0.15, -0.1) is 0 Å². The van der Waals surface area contributed by atoms with E-state index >= 15 is 0 Å². The van der Waals surface area contributed by atoms with Crippen molar-refractivity contribution in [2.24, 2.45) is 4.99 Å². The second-order valence-electron chi connectivity index (χ2n) is 6.25. The molecule has 1 N–H and O–H groups in total. The SMILES string of the molecule is C=C/N=C\C(=C)NC(=O)N1CCN(c2cc(-c3cccc(F)c3F)ncn2)CC1. The molecule has 150 valence electrons. The van der Waals surface area contributed by atoms with Crippen LogP contribution >= 0.6 is 0 Å². The lowest BCUT2D eigenvalue weighted by molar-refractivity contribution is 0.197. The van der Waals surface area contributed by atoms with Crippen LogP contribution in [0.15, 0.2) is 60.6 Å². The standard InChI is InChI=1S/C20H20F2N6O/c1-3-23-12-14(2)26-20(29)28-9-7-27(8-10-28)18-11-17(24-13-25-18)15-5-4-6-16(21)19(15)22/h3-6,11-13H,1-2,7-10H2,(H,26,29)/b23-12-. The third-order valence-electron chi connectivity index (χ3n) is 4.37. The van der Waals surface area contributed by atoms with Crippen molar-refractivity contribution >= 4 is 18.1 Å². The number of carbonyl (C=O) groups excluding carboxylic acids is 1. The molecule has 0 atom stereocenters. The number of allylic oxidation sites excluding steroid dienone is 1. The van der Waals surface area contributed by atoms with Gasteiger partial charge in [0.2, 0.25) is 0 Å². The van der Waals surface area contributed by atoms with Gasteiger partial charge in [0, 0.05) is 50.2 Å². The zero-order valence-corrected chi connectivity index (χ0v) is 15.7. The number of hydrogen-bond acceptors (Lipinski definition) is 5. The quantitative estimate of drug-likeness (QED) is 0.786. The maximum Gasteiger partial charge on any atom is 0.321 e. The number of urea groups is 1. The highest BCUT2D eigenvalue weighted by Crippen LogP contribution is 2.25. The van der Waals surface area contributed by atoms with Crippen molar-refractivity contribution in [1.82, 2.24) is 20.2 Å². The molecule has 0 saturated carbocycles. The fourth-order valence-corrected chi connectivity index (χ4v) is 2.90. The number of benzene rings is 1. The molecular weight excluding hydrogens is 378 g/mol. The number of aromatic nitrogens is 2. The number of anilines is 1. The lowest BCUT2D eigenvalue weighted by Gasteiger charge is -2.35. The van der Waals surface area contributed by atoms with E-state index in [2.05, 4.69) is 33.4 Å². The average molecular weight is 398 g/mol. The van der Waals surface area contributed by atoms with Crippen molar-refractivity contribution in [3.63, 3.8) is 0 Å². The molecule has 1 saturated heterocycles. The minimum absolute atomic E-state index is 0.0753. The van der Waals surface area contributed by atoms with Gasteiger partial charge in [-0.25, -0.2) is 23.5 Å². The largest absolute Gasteiger partial charge is 0.353 e. The molecule has 29 heavy (non-hydrogen) atoms. The fraction of sp³-hybridized carbons (Fsp3) is 0.200. The first kappa shape index (κ1) is 20.1. The maximum absolute atomic E-state index is 14.1. The fourth-order valence-electron chi connectivity index (χ4n) is 2.90. The van der Waals surface area contributed by atoms with Crippen LogP contribution in [0.4, 0.5) is 19.4 Å². The molecule has 0 bridgehead atoms. The molecule has 0 aliphatic carbocycles. The smallest absolute Gasteiger partial charge is 0.321 e. The number of halogens is 2. The van der Waals surface area contributed by atoms with E-state index in [0.717, 1.165) is 6.07 Å². The summed E-state index contributed by atoms with van der Waals surface area (Å²) in [5, 5.41) is 2.66. The molecule has 1 aliphatic heterocycles. The Labute approximate surface area is 167 Å². The van der Waals surface area contributed by atoms with Gasteiger partial charge >= 0.3 is 6.03 Å². The molecule has 0 spiro atoms. The van der Waals surface area contributed by atoms with Crippen LogP contribution in [0.1, 0.15) is 0 Å². The lowest BCUT2D eigenvalue weighted by atomic mass is 10.1. The van der Waals surface area contributed by atoms with E-state index in [-0.39, 0.29) is 11.6 Å². The summed E-state index contributed by atoms with van der Waals surface area (Å²) in [6.07, 6.45) is 4.08. The Morgan fingerprint density at radius 2 is 1.97 bits per heavy atom. The Morgan fingerprint density at radius 1 is 1.21 bits per heavy atom. The van der Waals surface area contributed by atoms with Gasteiger partial charge in [0.25, 0.3) is 0 Å². The molecule has 2 heterocycles. The second-order valence-corrected chi connectivity index (χ2v) is 6.25. The monoisotopic (exact) mass is 398 g/mol. The summed E-state index contributed by atoms with van der Waals surface area (Å²) in [6, 6.07) is 5.30. The second kappa shape index (κ2) is 9.05. The summed E-state index contributed by atoms with van der Waals surface area (Å²) in [5.41, 5.74) is 0.742. The molecule has 2 amide bonds. The third-order valence-corrected chi connectivity index (χ3v) is 4.37. The zero-order chi connectivity index (χ0) is 20.8. The van der Waals surface area contributed by atoms with E-state index < -0.39 is 11.6 Å². The predicted molar refractivity (Wildman–Crippen MR) is 108 cm³/mol. The molecule has 7 nitrogen and oxygen atoms in total. The first-order chi connectivity index (χ1) is 14.0. The highest BCUT2D eigenvalue weighted by Gasteiger charge is 2.22. The molecule has 1 aromatic heterocycles. The Kier molecular flexibility index (Phi) is 6.28. The van der Waals surface area contributed by atoms with Gasteiger partial charge in [-0.3, -0.25) is 4.99 Å². The maximum atomic E-state index is 14.1. The van der Waals surface area contributed by atoms with Crippen LogP contribution in [0.3, 0.4) is 0 Å². The number of nitrogens with zero attached hydrogens (tertiary/aromatic N) is 5. The molecule has 0 unspecified atom stereocenters. The van der Waals surface area contributed by atoms with Gasteiger partial charge in [0.1, 0.15) is 12.1 Å². The Balaban J connectivity index is 1.65. The third kappa shape index (κ3) is 4.81. The van der Waals surface area contributed by atoms with E-state index in [4.69, 9.17) is 0 Å². The van der Waals surface area contributed by atoms with E-state index in [1.54, 1.807) is 11.0 Å². The van der Waals surface area contributed by atoms with Gasteiger partial charge < -0.3 is 15.1 Å². The van der Waals surface area contributed by atoms with Gasteiger partial charge in [-0.2, -0.15) is 0 Å². The van der Waals surface area contributed by atoms with Crippen molar-refractivity contribution in [2.75, 3.05) is 31.1 Å². The summed E-state index contributed by atoms with van der Waals surface area (Å²) in [7, 11) is 0. The van der Waals surface area contributed by atoms with Gasteiger partial charge in [-0.05, 0) is 12.1 Å². The number of carbonyl (C=O) groups is 1. The van der Waals surface area contributed by atoms with Crippen LogP contribution in [-0.4, -0.2) is 53.3 Å². The first-order valence-electron chi connectivity index (χ1n) is 8.90. The number of rotatable bonds is 5. The van der Waals surface area contributed by atoms with Crippen LogP contribution in [0.25, 0.3) is 11.3 Å². The van der Waals surface area contributed by atoms with Crippen molar-refractivity contribution in [3.05, 3.63) is 67.3 Å². The average Bonchev–Trinajstić information content (AvgIpc) is 2.74. The first-order valence-corrected chi connectivity index (χ1v) is 8.90. The van der Waals surface area contributed by atoms with Crippen molar-refractivity contribution in [3.8, 4) is 11.3 Å². The summed E-state index contributed by atoms with van der Waals surface area (Å²) >= 11 is 0. The van der Waals surface area contributed by atoms with Crippen LogP contribution < -0.4 is 10.2 Å². The summed E-state index contributed by atoms with van der Waals surface area (Å²) in [5.74, 6) is -1.29. The van der Waals surface area contributed by atoms with Crippen LogP contribution in [-0.2, 0) is 0 Å². The summed E-state index contributed by atoms with van der Waals surface area (Å²) in [4.78, 5) is 28.0. The van der Waals surface area contributed by atoms with Crippen molar-refractivity contribution < 1.29 is 13.6 Å². The lowest BCUT2D eigenvalue weighted by Crippen LogP contribution is -2.51. The predicted octanol–water partition coefficient (Wildman–Crippen LogP) is 2.98. The number of piperazine rings is 1. The topological polar surface area (TPSA) is 73.7 Å². The van der Waals surface area contributed by atoms with E-state index in [9.17, 15) is 13.6 Å². The van der Waals surface area contributed by atoms with Gasteiger partial charge in [-0.1, -0.05) is 19.2 Å². The van der Waals surface area contributed by atoms with Crippen LogP contribution in [0.2, 0.25) is 0 Å². The zero-order valence-electron chi connectivity index (χ0n) is 15.7. The van der Waals surface area contributed by atoms with E-state index in [0.29, 0.717) is 43.4 Å². The molecule has 0 radical (unpaired) electrons. The Morgan fingerprint density at radius 3 is 2.69 bits per heavy atom. The number of nitrogens with one attached hydrogen (secondary N) is 1. The minimum Gasteiger partial charge on any atom is -0.353 e. The van der Waals surface area contributed by atoms with Crippen molar-refractivity contribution in [2.45, 2.75) is 0 Å². The molecule has 3 rings (SSSR count). The normalized spacial score (nSPS) is 14.1. The molecule has 1 fully saturated rings. The molecule has 9 heteroatoms. The van der Waals surface area contributed by atoms with Gasteiger partial charge in [0.05, 0.1) is 11.4 Å². The number of amides is 2. The Bertz CT molecular complexity index is 954. The molecule has 1 aromatic carbocycles. The van der Waals surface area contributed by atoms with Crippen LogP contribution in [0.5, 0.6) is 0 Å². The van der Waals surface area contributed by atoms with E-state index in [1.165, 1.54) is 30.9 Å². The van der Waals surface area contributed by atoms with Crippen molar-refractivity contribution in [1.29, 1.82) is 0 Å². The van der Waals surface area contributed by atoms with E-state index in [1.807, 2.05) is 4.90 Å². The van der Waals surface area contributed by atoms with Crippen LogP contribution in [0, 0.1) is 11.6 Å². The highest BCUT2D eigenvalue weighted by atomic mass is 19.2. The Hall–Kier alpha value is -3.62. The minimum atomic E-state index is -0.945. The molecule has 1 aliphatic rings. The van der Waals surface area contributed by atoms with Gasteiger partial charge in [0.15, 0.2) is 11.6 Å².